The highest BCUT2D eigenvalue weighted by Gasteiger charge is 2.16. The molecule has 2 aromatic carbocycles. The van der Waals surface area contributed by atoms with Crippen molar-refractivity contribution in [2.75, 3.05) is 27.2 Å². The van der Waals surface area contributed by atoms with Crippen LogP contribution in [0.4, 0.5) is 0 Å². The first-order valence-corrected chi connectivity index (χ1v) is 7.65. The van der Waals surface area contributed by atoms with Gasteiger partial charge in [0.15, 0.2) is 0 Å². The van der Waals surface area contributed by atoms with E-state index in [1.807, 2.05) is 42.5 Å². The largest absolute Gasteiger partial charge is 1.00 e. The van der Waals surface area contributed by atoms with Crippen LogP contribution in [0.15, 0.2) is 48.5 Å². The summed E-state index contributed by atoms with van der Waals surface area (Å²) in [5.41, 5.74) is 1.23. The van der Waals surface area contributed by atoms with E-state index >= 15 is 0 Å². The van der Waals surface area contributed by atoms with Crippen LogP contribution in [0.3, 0.4) is 0 Å². The van der Waals surface area contributed by atoms with Gasteiger partial charge >= 0.3 is 0 Å². The van der Waals surface area contributed by atoms with Gasteiger partial charge in [0.2, 0.25) is 0 Å². The normalized spacial score (nSPS) is 10.9. The van der Waals surface area contributed by atoms with Crippen LogP contribution >= 0.6 is 23.2 Å². The Kier molecular flexibility index (Phi) is 7.51. The van der Waals surface area contributed by atoms with E-state index in [9.17, 15) is 0 Å². The van der Waals surface area contributed by atoms with Crippen molar-refractivity contribution in [3.63, 3.8) is 0 Å². The third-order valence-electron chi connectivity index (χ3n) is 3.26. The molecule has 0 unspecified atom stereocenters. The van der Waals surface area contributed by atoms with Gasteiger partial charge in [-0.2, -0.15) is 0 Å². The van der Waals surface area contributed by atoms with Gasteiger partial charge < -0.3 is 21.6 Å². The summed E-state index contributed by atoms with van der Waals surface area (Å²) < 4.78 is 6.59. The zero-order valence-corrected chi connectivity index (χ0v) is 15.0. The van der Waals surface area contributed by atoms with Crippen molar-refractivity contribution in [3.05, 3.63) is 64.1 Å². The van der Waals surface area contributed by atoms with Gasteiger partial charge in [-0.15, -0.1) is 0 Å². The average Bonchev–Trinajstić information content (AvgIpc) is 2.38. The minimum atomic E-state index is 0. The molecule has 0 saturated heterocycles. The Bertz CT molecular complexity index is 602. The van der Waals surface area contributed by atoms with Gasteiger partial charge in [0, 0.05) is 15.6 Å². The van der Waals surface area contributed by atoms with Gasteiger partial charge in [-0.3, -0.25) is 0 Å². The monoisotopic (exact) mass is 359 g/mol. The van der Waals surface area contributed by atoms with Crippen LogP contribution in [0.1, 0.15) is 5.56 Å². The predicted molar refractivity (Wildman–Crippen MR) is 89.1 cm³/mol. The molecule has 0 saturated carbocycles. The van der Waals surface area contributed by atoms with E-state index in [0.717, 1.165) is 28.3 Å². The quantitative estimate of drug-likeness (QED) is 0.712. The van der Waals surface area contributed by atoms with E-state index in [2.05, 4.69) is 20.2 Å². The number of halogens is 3. The van der Waals surface area contributed by atoms with Crippen molar-refractivity contribution in [2.24, 2.45) is 0 Å². The molecule has 0 bridgehead atoms. The molecule has 0 aliphatic rings. The lowest BCUT2D eigenvalue weighted by molar-refractivity contribution is -0.903. The second-order valence-electron chi connectivity index (χ2n) is 5.75. The Morgan fingerprint density at radius 3 is 2.23 bits per heavy atom. The Labute approximate surface area is 148 Å². The Hall–Kier alpha value is -0.930. The van der Waals surface area contributed by atoms with Crippen LogP contribution in [0.2, 0.25) is 10.0 Å². The molecule has 0 N–H and O–H groups in total. The van der Waals surface area contributed by atoms with E-state index < -0.39 is 0 Å². The summed E-state index contributed by atoms with van der Waals surface area (Å²) in [5.74, 6) is 0.810. The van der Waals surface area contributed by atoms with Crippen molar-refractivity contribution in [1.82, 2.24) is 0 Å². The molecule has 2 aromatic rings. The van der Waals surface area contributed by atoms with Gasteiger partial charge in [0.25, 0.3) is 0 Å². The standard InChI is InChI=1S/C17H20Cl2NO.ClH/c1-20(2,13-14-5-3-6-15(18)11-14)9-10-21-17-8-4-7-16(19)12-17;/h3-8,11-12H,9-10,13H2,1-2H3;1H/q+1;/p-1. The molecule has 0 amide bonds. The fraction of sp³-hybridized carbons (Fsp3) is 0.294. The smallest absolute Gasteiger partial charge is 0.137 e. The van der Waals surface area contributed by atoms with Crippen LogP contribution in [-0.4, -0.2) is 31.7 Å². The lowest BCUT2D eigenvalue weighted by atomic mass is 10.2. The molecule has 0 aliphatic carbocycles. The molecule has 0 aliphatic heterocycles. The predicted octanol–water partition coefficient (Wildman–Crippen LogP) is 1.65. The number of nitrogens with zero attached hydrogens (tertiary/aromatic N) is 1. The van der Waals surface area contributed by atoms with E-state index in [0.29, 0.717) is 11.6 Å². The molecule has 120 valence electrons. The molecule has 0 spiro atoms. The van der Waals surface area contributed by atoms with Crippen molar-refractivity contribution in [3.8, 4) is 5.75 Å². The van der Waals surface area contributed by atoms with Gasteiger partial charge in [-0.05, 0) is 30.3 Å². The van der Waals surface area contributed by atoms with E-state index in [4.69, 9.17) is 27.9 Å². The number of hydrogen-bond donors (Lipinski definition) is 0. The van der Waals surface area contributed by atoms with Crippen LogP contribution in [0, 0.1) is 0 Å². The highest BCUT2D eigenvalue weighted by Crippen LogP contribution is 2.18. The number of rotatable bonds is 6. The zero-order valence-electron chi connectivity index (χ0n) is 12.7. The van der Waals surface area contributed by atoms with Crippen molar-refractivity contribution in [1.29, 1.82) is 0 Å². The van der Waals surface area contributed by atoms with Gasteiger partial charge in [0.05, 0.1) is 14.1 Å². The SMILES string of the molecule is C[N+](C)(CCOc1cccc(Cl)c1)Cc1cccc(Cl)c1.[Cl-]. The summed E-state index contributed by atoms with van der Waals surface area (Å²) in [6.45, 7) is 2.46. The maximum Gasteiger partial charge on any atom is 0.137 e. The first kappa shape index (κ1) is 19.1. The lowest BCUT2D eigenvalue weighted by Gasteiger charge is -2.29. The summed E-state index contributed by atoms with van der Waals surface area (Å²) in [5, 5.41) is 1.47. The van der Waals surface area contributed by atoms with Crippen LogP contribution < -0.4 is 17.1 Å². The molecule has 0 heterocycles. The number of ether oxygens (including phenoxy) is 1. The molecular formula is C17H20Cl3NO. The molecule has 0 aromatic heterocycles. The van der Waals surface area contributed by atoms with Gasteiger partial charge in [-0.1, -0.05) is 41.4 Å². The molecule has 0 radical (unpaired) electrons. The number of likely N-dealkylation sites (N-methyl/N-ethyl adjacent to an activating group) is 1. The Morgan fingerprint density at radius 2 is 1.59 bits per heavy atom. The minimum absolute atomic E-state index is 0. The average molecular weight is 361 g/mol. The Morgan fingerprint density at radius 1 is 0.955 bits per heavy atom. The molecule has 2 nitrogen and oxygen atoms in total. The summed E-state index contributed by atoms with van der Waals surface area (Å²) in [4.78, 5) is 0. The molecule has 22 heavy (non-hydrogen) atoms. The number of benzene rings is 2. The number of hydrogen-bond acceptors (Lipinski definition) is 1. The van der Waals surface area contributed by atoms with Crippen molar-refractivity contribution in [2.45, 2.75) is 6.54 Å². The lowest BCUT2D eigenvalue weighted by Crippen LogP contribution is -3.00. The minimum Gasteiger partial charge on any atom is -1.00 e. The van der Waals surface area contributed by atoms with Crippen molar-refractivity contribution >= 4 is 23.2 Å². The van der Waals surface area contributed by atoms with Crippen molar-refractivity contribution < 1.29 is 21.6 Å². The first-order chi connectivity index (χ1) is 9.94. The van der Waals surface area contributed by atoms with Crippen LogP contribution in [0.5, 0.6) is 5.75 Å². The summed E-state index contributed by atoms with van der Waals surface area (Å²) in [6, 6.07) is 15.5. The highest BCUT2D eigenvalue weighted by molar-refractivity contribution is 6.30. The summed E-state index contributed by atoms with van der Waals surface area (Å²) in [6.07, 6.45) is 0. The molecule has 5 heteroatoms. The second-order valence-corrected chi connectivity index (χ2v) is 6.63. The highest BCUT2D eigenvalue weighted by atomic mass is 35.5. The van der Waals surface area contributed by atoms with E-state index in [1.165, 1.54) is 5.56 Å². The summed E-state index contributed by atoms with van der Waals surface area (Å²) in [7, 11) is 4.37. The van der Waals surface area contributed by atoms with Gasteiger partial charge in [-0.25, -0.2) is 0 Å². The fourth-order valence-corrected chi connectivity index (χ4v) is 2.57. The zero-order chi connectivity index (χ0) is 15.3. The van der Waals surface area contributed by atoms with E-state index in [1.54, 1.807) is 0 Å². The third-order valence-corrected chi connectivity index (χ3v) is 3.73. The summed E-state index contributed by atoms with van der Waals surface area (Å²) >= 11 is 12.0. The maximum atomic E-state index is 6.03. The maximum absolute atomic E-state index is 6.03. The first-order valence-electron chi connectivity index (χ1n) is 6.89. The Balaban J connectivity index is 0.00000242. The topological polar surface area (TPSA) is 9.23 Å². The molecule has 2 rings (SSSR count). The van der Waals surface area contributed by atoms with Gasteiger partial charge in [0.1, 0.15) is 25.4 Å². The van der Waals surface area contributed by atoms with Crippen LogP contribution in [0.25, 0.3) is 0 Å². The van der Waals surface area contributed by atoms with Crippen LogP contribution in [-0.2, 0) is 6.54 Å². The molecule has 0 atom stereocenters. The fourth-order valence-electron chi connectivity index (χ4n) is 2.18. The molecule has 0 fully saturated rings. The van der Waals surface area contributed by atoms with E-state index in [-0.39, 0.29) is 12.4 Å². The molecular weight excluding hydrogens is 341 g/mol. The number of quaternary nitrogens is 1. The third kappa shape index (κ3) is 6.45. The second kappa shape index (κ2) is 8.64.